The molecule has 1 aromatic heterocycles. The molecule has 2 aromatic carbocycles. The van der Waals surface area contributed by atoms with Gasteiger partial charge in [-0.3, -0.25) is 0 Å². The highest BCUT2D eigenvalue weighted by molar-refractivity contribution is 6.49. The monoisotopic (exact) mass is 322 g/mol. The highest BCUT2D eigenvalue weighted by Crippen LogP contribution is 2.31. The molecule has 0 N–H and O–H groups in total. The molecule has 3 aromatic rings. The molecule has 3 rings (SSSR count). The zero-order valence-corrected chi connectivity index (χ0v) is 14.9. The van der Waals surface area contributed by atoms with E-state index in [1.807, 2.05) is 61.2 Å². The van der Waals surface area contributed by atoms with Gasteiger partial charge in [0.05, 0.1) is 17.2 Å². The third kappa shape index (κ3) is 3.19. The highest BCUT2D eigenvalue weighted by atomic mass is 28.3. The fraction of sp³-hybridized carbons (Fsp3) is 0.222. The van der Waals surface area contributed by atoms with Crippen molar-refractivity contribution in [3.8, 4) is 5.75 Å². The molecule has 0 aliphatic rings. The number of aryl methyl sites for hydroxylation is 2. The minimum absolute atomic E-state index is 0.831. The van der Waals surface area contributed by atoms with Crippen molar-refractivity contribution in [2.45, 2.75) is 20.0 Å². The second kappa shape index (κ2) is 6.38. The van der Waals surface area contributed by atoms with Crippen LogP contribution in [0.1, 0.15) is 11.4 Å². The summed E-state index contributed by atoms with van der Waals surface area (Å²) < 4.78 is 8.01. The molecule has 5 heteroatoms. The number of benzene rings is 2. The minimum Gasteiger partial charge on any atom is -0.541 e. The molecule has 117 valence electrons. The topological polar surface area (TPSA) is 39.4 Å². The molecule has 1 heterocycles. The van der Waals surface area contributed by atoms with Gasteiger partial charge in [0, 0.05) is 7.05 Å². The molecule has 1 radical (unpaired) electrons. The van der Waals surface area contributed by atoms with Crippen LogP contribution in [-0.2, 0) is 7.05 Å². The zero-order chi connectivity index (χ0) is 16.4. The first-order chi connectivity index (χ1) is 11.1. The summed E-state index contributed by atoms with van der Waals surface area (Å²) >= 11 is 0. The lowest BCUT2D eigenvalue weighted by Crippen LogP contribution is -2.11. The number of hydrogen-bond acceptors (Lipinski definition) is 3. The quantitative estimate of drug-likeness (QED) is 0.532. The summed E-state index contributed by atoms with van der Waals surface area (Å²) in [6.45, 7) is 6.28. The van der Waals surface area contributed by atoms with Crippen molar-refractivity contribution < 1.29 is 4.43 Å². The maximum absolute atomic E-state index is 5.96. The minimum atomic E-state index is -0.831. The lowest BCUT2D eigenvalue weighted by Gasteiger charge is -2.12. The molecule has 0 spiro atoms. The Hall–Kier alpha value is -2.40. The summed E-state index contributed by atoms with van der Waals surface area (Å²) in [7, 11) is 1.17. The normalized spacial score (nSPS) is 11.7. The van der Waals surface area contributed by atoms with Gasteiger partial charge in [-0.2, -0.15) is 0 Å². The molecule has 0 saturated heterocycles. The summed E-state index contributed by atoms with van der Waals surface area (Å²) in [5.74, 6) is 1.68. The Morgan fingerprint density at radius 2 is 1.91 bits per heavy atom. The molecule has 0 bridgehead atoms. The van der Waals surface area contributed by atoms with Crippen LogP contribution in [-0.4, -0.2) is 24.8 Å². The Kier molecular flexibility index (Phi) is 4.30. The van der Waals surface area contributed by atoms with Crippen LogP contribution < -0.4 is 4.43 Å². The van der Waals surface area contributed by atoms with Crippen molar-refractivity contribution in [1.82, 2.24) is 9.55 Å². The van der Waals surface area contributed by atoms with Gasteiger partial charge in [-0.05, 0) is 43.8 Å². The van der Waals surface area contributed by atoms with Crippen molar-refractivity contribution >= 4 is 32.0 Å². The first-order valence-corrected chi connectivity index (χ1v) is 10.00. The summed E-state index contributed by atoms with van der Waals surface area (Å²) in [5.41, 5.74) is 4.06. The lowest BCUT2D eigenvalue weighted by atomic mass is 10.2. The van der Waals surface area contributed by atoms with Gasteiger partial charge in [0.2, 0.25) is 0 Å². The predicted octanol–water partition coefficient (Wildman–Crippen LogP) is 4.26. The average molecular weight is 322 g/mol. The van der Waals surface area contributed by atoms with Crippen LogP contribution in [0.4, 0.5) is 5.69 Å². The van der Waals surface area contributed by atoms with E-state index in [2.05, 4.69) is 29.1 Å². The molecular weight excluding hydrogens is 302 g/mol. The first kappa shape index (κ1) is 15.5. The van der Waals surface area contributed by atoms with Gasteiger partial charge in [-0.15, -0.1) is 0 Å². The fourth-order valence-electron chi connectivity index (χ4n) is 2.50. The van der Waals surface area contributed by atoms with Crippen LogP contribution in [0.25, 0.3) is 11.0 Å². The van der Waals surface area contributed by atoms with E-state index in [0.29, 0.717) is 0 Å². The molecule has 0 aliphatic heterocycles. The van der Waals surface area contributed by atoms with Gasteiger partial charge in [0.15, 0.2) is 5.82 Å². The molecule has 0 saturated carbocycles. The second-order valence-electron chi connectivity index (χ2n) is 5.71. The third-order valence-corrected chi connectivity index (χ3v) is 4.27. The Morgan fingerprint density at radius 3 is 2.65 bits per heavy atom. The second-order valence-corrected chi connectivity index (χ2v) is 7.73. The summed E-state index contributed by atoms with van der Waals surface area (Å²) in [6.07, 6.45) is 1.81. The molecule has 4 nitrogen and oxygen atoms in total. The number of imidazole rings is 1. The van der Waals surface area contributed by atoms with Crippen molar-refractivity contribution in [2.24, 2.45) is 12.0 Å². The fourth-order valence-corrected chi connectivity index (χ4v) is 3.11. The summed E-state index contributed by atoms with van der Waals surface area (Å²) in [5, 5.41) is 0. The van der Waals surface area contributed by atoms with Crippen LogP contribution >= 0.6 is 0 Å². The predicted molar refractivity (Wildman–Crippen MR) is 97.3 cm³/mol. The van der Waals surface area contributed by atoms with Crippen LogP contribution in [0.2, 0.25) is 13.1 Å². The van der Waals surface area contributed by atoms with E-state index in [-0.39, 0.29) is 0 Å². The number of hydrogen-bond donors (Lipinski definition) is 0. The maximum atomic E-state index is 5.96. The third-order valence-electron chi connectivity index (χ3n) is 3.65. The molecule has 0 unspecified atom stereocenters. The Labute approximate surface area is 138 Å². The van der Waals surface area contributed by atoms with Crippen molar-refractivity contribution in [3.63, 3.8) is 0 Å². The van der Waals surface area contributed by atoms with E-state index in [1.165, 1.54) is 0 Å². The van der Waals surface area contributed by atoms with Crippen LogP contribution in [0.3, 0.4) is 0 Å². The van der Waals surface area contributed by atoms with Crippen LogP contribution in [0, 0.1) is 6.92 Å². The molecule has 23 heavy (non-hydrogen) atoms. The van der Waals surface area contributed by atoms with Crippen molar-refractivity contribution in [1.29, 1.82) is 0 Å². The Bertz CT molecular complexity index is 868. The number of fused-ring (bicyclic) bond motifs is 1. The van der Waals surface area contributed by atoms with E-state index in [9.17, 15) is 0 Å². The molecule has 0 atom stereocenters. The summed E-state index contributed by atoms with van der Waals surface area (Å²) in [4.78, 5) is 9.29. The van der Waals surface area contributed by atoms with Gasteiger partial charge >= 0.3 is 0 Å². The van der Waals surface area contributed by atoms with Gasteiger partial charge in [0.1, 0.15) is 11.4 Å². The van der Waals surface area contributed by atoms with E-state index in [0.717, 1.165) is 33.9 Å². The average Bonchev–Trinajstić information content (AvgIpc) is 2.83. The standard InChI is InChI=1S/C18H20N3OSi/c1-13-8-7-11-16(22-23(3)4)18(13)19-12-17-20-14-9-5-6-10-15(14)21(17)2/h5-12H,1-4H3. The highest BCUT2D eigenvalue weighted by Gasteiger charge is 2.09. The van der Waals surface area contributed by atoms with Gasteiger partial charge in [0.25, 0.3) is 9.04 Å². The molecule has 0 aliphatic carbocycles. The largest absolute Gasteiger partial charge is 0.541 e. The summed E-state index contributed by atoms with van der Waals surface area (Å²) in [6, 6.07) is 14.1. The van der Waals surface area contributed by atoms with Crippen molar-refractivity contribution in [2.75, 3.05) is 0 Å². The van der Waals surface area contributed by atoms with Gasteiger partial charge in [-0.1, -0.05) is 24.3 Å². The first-order valence-electron chi connectivity index (χ1n) is 7.59. The van der Waals surface area contributed by atoms with E-state index < -0.39 is 9.04 Å². The number of para-hydroxylation sites is 3. The van der Waals surface area contributed by atoms with Gasteiger partial charge in [-0.25, -0.2) is 9.98 Å². The maximum Gasteiger partial charge on any atom is 0.274 e. The lowest BCUT2D eigenvalue weighted by molar-refractivity contribution is 0.581. The number of nitrogens with zero attached hydrogens (tertiary/aromatic N) is 3. The molecule has 0 amide bonds. The number of aromatic nitrogens is 2. The van der Waals surface area contributed by atoms with E-state index >= 15 is 0 Å². The Balaban J connectivity index is 2.00. The van der Waals surface area contributed by atoms with E-state index in [1.54, 1.807) is 0 Å². The Morgan fingerprint density at radius 1 is 1.13 bits per heavy atom. The van der Waals surface area contributed by atoms with E-state index in [4.69, 9.17) is 4.43 Å². The smallest absolute Gasteiger partial charge is 0.274 e. The zero-order valence-electron chi connectivity index (χ0n) is 13.9. The number of rotatable bonds is 4. The number of aliphatic imine (C=N–C) groups is 1. The van der Waals surface area contributed by atoms with Crippen LogP contribution in [0.15, 0.2) is 47.5 Å². The SMILES string of the molecule is Cc1cccc(O[Si](C)C)c1N=Cc1nc2ccccc2n1C. The van der Waals surface area contributed by atoms with Gasteiger partial charge < -0.3 is 8.99 Å². The van der Waals surface area contributed by atoms with Crippen molar-refractivity contribution in [3.05, 3.63) is 53.9 Å². The molecule has 0 fully saturated rings. The molecular formula is C18H20N3OSi. The van der Waals surface area contributed by atoms with Crippen LogP contribution in [0.5, 0.6) is 5.75 Å².